The van der Waals surface area contributed by atoms with E-state index in [1.54, 1.807) is 33.9 Å². The molecule has 3 atom stereocenters. The number of halogens is 1. The van der Waals surface area contributed by atoms with Gasteiger partial charge in [0.05, 0.1) is 28.3 Å². The van der Waals surface area contributed by atoms with Gasteiger partial charge >= 0.3 is 12.2 Å². The van der Waals surface area contributed by atoms with Crippen molar-refractivity contribution in [3.05, 3.63) is 64.9 Å². The first-order valence-corrected chi connectivity index (χ1v) is 18.0. The van der Waals surface area contributed by atoms with E-state index in [1.807, 2.05) is 39.0 Å². The summed E-state index contributed by atoms with van der Waals surface area (Å²) in [5, 5.41) is 2.63. The Labute approximate surface area is 252 Å². The van der Waals surface area contributed by atoms with Crippen LogP contribution in [0.2, 0.25) is 18.1 Å². The monoisotopic (exact) mass is 615 g/mol. The third-order valence-electron chi connectivity index (χ3n) is 7.81. The zero-order chi connectivity index (χ0) is 30.9. The highest BCUT2D eigenvalue weighted by Crippen LogP contribution is 2.40. The van der Waals surface area contributed by atoms with Crippen LogP contribution in [0.25, 0.3) is 10.2 Å². The molecule has 2 heterocycles. The fourth-order valence-electron chi connectivity index (χ4n) is 4.69. The van der Waals surface area contributed by atoms with E-state index in [0.29, 0.717) is 12.0 Å². The Hall–Kier alpha value is -3.02. The number of amides is 2. The number of likely N-dealkylation sites (tertiary alicyclic amines) is 1. The Kier molecular flexibility index (Phi) is 9.34. The Morgan fingerprint density at radius 1 is 1.10 bits per heavy atom. The number of nitrogens with one attached hydrogen (secondary N) is 1. The van der Waals surface area contributed by atoms with Crippen LogP contribution in [0.15, 0.2) is 48.0 Å². The van der Waals surface area contributed by atoms with Gasteiger partial charge in [-0.2, -0.15) is 0 Å². The first-order chi connectivity index (χ1) is 19.5. The van der Waals surface area contributed by atoms with Crippen molar-refractivity contribution in [1.82, 2.24) is 15.2 Å². The SMILES string of the molecule is CC(C)(C)OC(=O)N1C[C@H](O[Si](C)(C)C(C)(C)C)[C@@H](OC(=O)NCc2cccc(F)c2)[C@H]1Cc1ccc2scnc2c1. The van der Waals surface area contributed by atoms with Crippen LogP contribution in [0, 0.1) is 5.82 Å². The standard InChI is InChI=1S/C31H42FN3O5SSi/c1-30(2,3)39-29(37)35-18-25(40-42(7,8)31(4,5)6)27(38-28(36)33-17-21-10-9-11-22(32)14-21)24(35)16-20-12-13-26-23(15-20)34-19-41-26/h9-15,19,24-25,27H,16-18H2,1-8H3,(H,33,36)/t24-,25+,27+/m1/s1. The molecule has 0 saturated carbocycles. The van der Waals surface area contributed by atoms with Gasteiger partial charge in [0, 0.05) is 6.54 Å². The summed E-state index contributed by atoms with van der Waals surface area (Å²) < 4.78 is 33.5. The minimum Gasteiger partial charge on any atom is -0.444 e. The van der Waals surface area contributed by atoms with Crippen LogP contribution in [-0.2, 0) is 26.9 Å². The first-order valence-electron chi connectivity index (χ1n) is 14.2. The lowest BCUT2D eigenvalue weighted by molar-refractivity contribution is 0.00749. The Morgan fingerprint density at radius 3 is 2.50 bits per heavy atom. The maximum absolute atomic E-state index is 13.7. The number of nitrogens with zero attached hydrogens (tertiary/aromatic N) is 2. The van der Waals surface area contributed by atoms with Gasteiger partial charge < -0.3 is 19.2 Å². The Bertz CT molecular complexity index is 1420. The number of benzene rings is 2. The number of thiazole rings is 1. The summed E-state index contributed by atoms with van der Waals surface area (Å²) in [5.74, 6) is -0.383. The third-order valence-corrected chi connectivity index (χ3v) is 13.1. The number of rotatable bonds is 7. The minimum atomic E-state index is -2.34. The quantitative estimate of drug-likeness (QED) is 0.281. The molecule has 2 amide bonds. The van der Waals surface area contributed by atoms with Crippen LogP contribution in [-0.4, -0.2) is 60.8 Å². The second-order valence-electron chi connectivity index (χ2n) is 13.3. The number of aromatic nitrogens is 1. The Balaban J connectivity index is 1.66. The highest BCUT2D eigenvalue weighted by molar-refractivity contribution is 7.16. The van der Waals surface area contributed by atoms with E-state index in [-0.39, 0.29) is 23.9 Å². The highest BCUT2D eigenvalue weighted by atomic mass is 32.1. The van der Waals surface area contributed by atoms with Crippen molar-refractivity contribution in [2.75, 3.05) is 6.54 Å². The van der Waals surface area contributed by atoms with Crippen molar-refractivity contribution in [3.8, 4) is 0 Å². The molecule has 0 radical (unpaired) electrons. The number of carbonyl (C=O) groups is 2. The fraction of sp³-hybridized carbons (Fsp3) is 0.516. The van der Waals surface area contributed by atoms with E-state index in [4.69, 9.17) is 13.9 Å². The summed E-state index contributed by atoms with van der Waals surface area (Å²) in [4.78, 5) is 32.8. The lowest BCUT2D eigenvalue weighted by atomic mass is 10.0. The van der Waals surface area contributed by atoms with Crippen LogP contribution in [0.1, 0.15) is 52.7 Å². The summed E-state index contributed by atoms with van der Waals surface area (Å²) in [6.45, 7) is 16.5. The second-order valence-corrected chi connectivity index (χ2v) is 19.0. The van der Waals surface area contributed by atoms with Gasteiger partial charge in [-0.25, -0.2) is 19.0 Å². The van der Waals surface area contributed by atoms with E-state index >= 15 is 0 Å². The van der Waals surface area contributed by atoms with Crippen LogP contribution in [0.5, 0.6) is 0 Å². The van der Waals surface area contributed by atoms with Crippen molar-refractivity contribution >= 4 is 42.1 Å². The number of fused-ring (bicyclic) bond motifs is 1. The van der Waals surface area contributed by atoms with Gasteiger partial charge in [0.15, 0.2) is 14.4 Å². The van der Waals surface area contributed by atoms with Crippen LogP contribution < -0.4 is 5.32 Å². The van der Waals surface area contributed by atoms with E-state index < -0.39 is 44.4 Å². The number of hydrogen-bond acceptors (Lipinski definition) is 7. The Morgan fingerprint density at radius 2 is 1.83 bits per heavy atom. The van der Waals surface area contributed by atoms with E-state index in [2.05, 4.69) is 44.2 Å². The zero-order valence-electron chi connectivity index (χ0n) is 25.7. The summed E-state index contributed by atoms with van der Waals surface area (Å²) in [7, 11) is -2.34. The normalized spacial score (nSPS) is 19.6. The van der Waals surface area contributed by atoms with Gasteiger partial charge in [-0.1, -0.05) is 39.0 Å². The second kappa shape index (κ2) is 12.3. The molecule has 2 aromatic carbocycles. The molecule has 0 bridgehead atoms. The molecule has 11 heteroatoms. The average Bonchev–Trinajstić information content (AvgIpc) is 3.46. The molecule has 0 spiro atoms. The highest BCUT2D eigenvalue weighted by Gasteiger charge is 2.51. The van der Waals surface area contributed by atoms with Gasteiger partial charge in [0.2, 0.25) is 0 Å². The molecular weight excluding hydrogens is 574 g/mol. The minimum absolute atomic E-state index is 0.0952. The smallest absolute Gasteiger partial charge is 0.410 e. The topological polar surface area (TPSA) is 90.0 Å². The lowest BCUT2D eigenvalue weighted by Gasteiger charge is -2.39. The molecule has 42 heavy (non-hydrogen) atoms. The van der Waals surface area contributed by atoms with Gasteiger partial charge in [-0.05, 0) is 80.7 Å². The summed E-state index contributed by atoms with van der Waals surface area (Å²) in [6.07, 6.45) is -2.08. The molecule has 1 N–H and O–H groups in total. The summed E-state index contributed by atoms with van der Waals surface area (Å²) >= 11 is 1.56. The predicted octanol–water partition coefficient (Wildman–Crippen LogP) is 7.28. The van der Waals surface area contributed by atoms with Gasteiger partial charge in [-0.3, -0.25) is 4.90 Å². The predicted molar refractivity (Wildman–Crippen MR) is 166 cm³/mol. The maximum Gasteiger partial charge on any atom is 0.410 e. The molecule has 1 fully saturated rings. The van der Waals surface area contributed by atoms with Crippen molar-refractivity contribution in [2.45, 2.75) is 96.5 Å². The van der Waals surface area contributed by atoms with E-state index in [0.717, 1.165) is 15.8 Å². The number of ether oxygens (including phenoxy) is 2. The molecule has 228 valence electrons. The summed E-state index contributed by atoms with van der Waals surface area (Å²) in [6, 6.07) is 11.5. The fourth-order valence-corrected chi connectivity index (χ4v) is 6.67. The third kappa shape index (κ3) is 7.87. The maximum atomic E-state index is 13.7. The first kappa shape index (κ1) is 31.9. The summed E-state index contributed by atoms with van der Waals surface area (Å²) in [5.41, 5.74) is 3.52. The molecule has 3 aromatic rings. The van der Waals surface area contributed by atoms with Gasteiger partial charge in [0.1, 0.15) is 17.5 Å². The zero-order valence-corrected chi connectivity index (χ0v) is 27.5. The molecule has 0 aliphatic carbocycles. The number of hydrogen-bond donors (Lipinski definition) is 1. The molecular formula is C31H42FN3O5SSi. The molecule has 1 saturated heterocycles. The molecule has 0 unspecified atom stereocenters. The van der Waals surface area contributed by atoms with E-state index in [1.165, 1.54) is 12.1 Å². The van der Waals surface area contributed by atoms with Crippen LogP contribution in [0.3, 0.4) is 0 Å². The van der Waals surface area contributed by atoms with Crippen molar-refractivity contribution < 1.29 is 27.9 Å². The van der Waals surface area contributed by atoms with Crippen LogP contribution in [0.4, 0.5) is 14.0 Å². The molecule has 1 aliphatic rings. The van der Waals surface area contributed by atoms with Gasteiger partial charge in [0.25, 0.3) is 0 Å². The largest absolute Gasteiger partial charge is 0.444 e. The molecule has 1 aromatic heterocycles. The number of carbonyl (C=O) groups excluding carboxylic acids is 2. The average molecular weight is 616 g/mol. The molecule has 1 aliphatic heterocycles. The molecule has 4 rings (SSSR count). The van der Waals surface area contributed by atoms with Crippen LogP contribution >= 0.6 is 11.3 Å². The van der Waals surface area contributed by atoms with Gasteiger partial charge in [-0.15, -0.1) is 11.3 Å². The van der Waals surface area contributed by atoms with E-state index in [9.17, 15) is 14.0 Å². The van der Waals surface area contributed by atoms with Crippen molar-refractivity contribution in [3.63, 3.8) is 0 Å². The van der Waals surface area contributed by atoms with Crippen molar-refractivity contribution in [2.24, 2.45) is 0 Å². The molecule has 8 nitrogen and oxygen atoms in total. The number of alkyl carbamates (subject to hydrolysis) is 1. The van der Waals surface area contributed by atoms with Crippen molar-refractivity contribution in [1.29, 1.82) is 0 Å². The lowest BCUT2D eigenvalue weighted by Crippen LogP contribution is -2.49.